The van der Waals surface area contributed by atoms with Crippen molar-refractivity contribution in [2.75, 3.05) is 0 Å². The van der Waals surface area contributed by atoms with Crippen molar-refractivity contribution in [3.63, 3.8) is 0 Å². The highest BCUT2D eigenvalue weighted by atomic mass is 16.1. The zero-order chi connectivity index (χ0) is 10.4. The Morgan fingerprint density at radius 2 is 2.00 bits per heavy atom. The molecule has 0 aliphatic heterocycles. The molecule has 1 saturated carbocycles. The summed E-state index contributed by atoms with van der Waals surface area (Å²) < 4.78 is 0. The molecule has 1 aliphatic carbocycles. The maximum Gasteiger partial charge on any atom is 0.136 e. The molecule has 1 nitrogen and oxygen atoms in total. The molecule has 1 heteroatoms. The average Bonchev–Trinajstić information content (AvgIpc) is 2.15. The van der Waals surface area contributed by atoms with Crippen molar-refractivity contribution >= 4 is 5.78 Å². The number of rotatable bonds is 5. The molecule has 0 saturated heterocycles. The van der Waals surface area contributed by atoms with Gasteiger partial charge in [-0.05, 0) is 25.2 Å². The SMILES string of the molecule is CCCCCC[C@@H]1CC[C@@H](C)CC1=O. The van der Waals surface area contributed by atoms with Crippen LogP contribution in [0.1, 0.15) is 65.2 Å². The molecular formula is C13H24O. The quantitative estimate of drug-likeness (QED) is 0.608. The molecule has 0 aromatic rings. The Morgan fingerprint density at radius 3 is 2.64 bits per heavy atom. The van der Waals surface area contributed by atoms with Crippen LogP contribution in [0.4, 0.5) is 0 Å². The van der Waals surface area contributed by atoms with Gasteiger partial charge in [0.1, 0.15) is 5.78 Å². The summed E-state index contributed by atoms with van der Waals surface area (Å²) in [4.78, 5) is 11.7. The number of unbranched alkanes of at least 4 members (excludes halogenated alkanes) is 3. The minimum absolute atomic E-state index is 0.419. The van der Waals surface area contributed by atoms with E-state index in [-0.39, 0.29) is 0 Å². The summed E-state index contributed by atoms with van der Waals surface area (Å²) in [7, 11) is 0. The Balaban J connectivity index is 2.14. The van der Waals surface area contributed by atoms with Crippen LogP contribution in [0.15, 0.2) is 0 Å². The average molecular weight is 196 g/mol. The summed E-state index contributed by atoms with van der Waals surface area (Å²) >= 11 is 0. The second kappa shape index (κ2) is 6.21. The Kier molecular flexibility index (Phi) is 5.21. The normalized spacial score (nSPS) is 28.0. The van der Waals surface area contributed by atoms with E-state index in [4.69, 9.17) is 0 Å². The number of carbonyl (C=O) groups is 1. The predicted molar refractivity (Wildman–Crippen MR) is 60.3 cm³/mol. The molecule has 0 unspecified atom stereocenters. The van der Waals surface area contributed by atoms with Gasteiger partial charge in [0, 0.05) is 12.3 Å². The second-order valence-corrected chi connectivity index (χ2v) is 4.90. The van der Waals surface area contributed by atoms with E-state index in [1.54, 1.807) is 0 Å². The summed E-state index contributed by atoms with van der Waals surface area (Å²) in [6, 6.07) is 0. The molecule has 1 rings (SSSR count). The van der Waals surface area contributed by atoms with Crippen molar-refractivity contribution in [1.82, 2.24) is 0 Å². The first-order valence-corrected chi connectivity index (χ1v) is 6.26. The first kappa shape index (κ1) is 11.7. The van der Waals surface area contributed by atoms with Crippen LogP contribution >= 0.6 is 0 Å². The van der Waals surface area contributed by atoms with Gasteiger partial charge in [-0.25, -0.2) is 0 Å². The van der Waals surface area contributed by atoms with Crippen LogP contribution in [0.3, 0.4) is 0 Å². The van der Waals surface area contributed by atoms with Crippen LogP contribution in [0.5, 0.6) is 0 Å². The summed E-state index contributed by atoms with van der Waals surface area (Å²) in [6.45, 7) is 4.43. The van der Waals surface area contributed by atoms with Gasteiger partial charge in [-0.3, -0.25) is 4.79 Å². The van der Waals surface area contributed by atoms with E-state index in [0.29, 0.717) is 17.6 Å². The number of hydrogen-bond acceptors (Lipinski definition) is 1. The van der Waals surface area contributed by atoms with Gasteiger partial charge in [-0.2, -0.15) is 0 Å². The smallest absolute Gasteiger partial charge is 0.136 e. The van der Waals surface area contributed by atoms with Gasteiger partial charge in [0.25, 0.3) is 0 Å². The summed E-state index contributed by atoms with van der Waals surface area (Å²) in [5.74, 6) is 1.61. The zero-order valence-corrected chi connectivity index (χ0v) is 9.72. The van der Waals surface area contributed by atoms with Crippen LogP contribution < -0.4 is 0 Å². The molecule has 2 atom stereocenters. The Hall–Kier alpha value is -0.330. The van der Waals surface area contributed by atoms with Crippen molar-refractivity contribution < 1.29 is 4.79 Å². The van der Waals surface area contributed by atoms with E-state index in [1.807, 2.05) is 0 Å². The number of carbonyl (C=O) groups excluding carboxylic acids is 1. The number of ketones is 1. The van der Waals surface area contributed by atoms with Crippen LogP contribution in [0.2, 0.25) is 0 Å². The van der Waals surface area contributed by atoms with Gasteiger partial charge >= 0.3 is 0 Å². The molecule has 1 aliphatic rings. The number of hydrogen-bond donors (Lipinski definition) is 0. The van der Waals surface area contributed by atoms with Crippen LogP contribution in [-0.2, 0) is 4.79 Å². The summed E-state index contributed by atoms with van der Waals surface area (Å²) in [5, 5.41) is 0. The van der Waals surface area contributed by atoms with Crippen LogP contribution in [0.25, 0.3) is 0 Å². The molecule has 0 spiro atoms. The lowest BCUT2D eigenvalue weighted by Crippen LogP contribution is -2.23. The fourth-order valence-corrected chi connectivity index (χ4v) is 2.38. The Labute approximate surface area is 88.3 Å². The van der Waals surface area contributed by atoms with Gasteiger partial charge in [0.05, 0.1) is 0 Å². The van der Waals surface area contributed by atoms with E-state index < -0.39 is 0 Å². The van der Waals surface area contributed by atoms with Gasteiger partial charge in [-0.1, -0.05) is 39.5 Å². The van der Waals surface area contributed by atoms with Gasteiger partial charge in [0.15, 0.2) is 0 Å². The Bertz CT molecular complexity index is 174. The van der Waals surface area contributed by atoms with Crippen molar-refractivity contribution in [2.24, 2.45) is 11.8 Å². The topological polar surface area (TPSA) is 17.1 Å². The zero-order valence-electron chi connectivity index (χ0n) is 9.72. The molecule has 1 fully saturated rings. The molecule has 0 radical (unpaired) electrons. The van der Waals surface area contributed by atoms with Crippen LogP contribution in [0, 0.1) is 11.8 Å². The highest BCUT2D eigenvalue weighted by Gasteiger charge is 2.25. The molecule has 0 bridgehead atoms. The van der Waals surface area contributed by atoms with Gasteiger partial charge in [0.2, 0.25) is 0 Å². The monoisotopic (exact) mass is 196 g/mol. The highest BCUT2D eigenvalue weighted by molar-refractivity contribution is 5.81. The summed E-state index contributed by atoms with van der Waals surface area (Å²) in [6.07, 6.45) is 9.63. The van der Waals surface area contributed by atoms with Gasteiger partial charge in [-0.15, -0.1) is 0 Å². The second-order valence-electron chi connectivity index (χ2n) is 4.90. The standard InChI is InChI=1S/C13H24O/c1-3-4-5-6-7-12-9-8-11(2)10-13(12)14/h11-12H,3-10H2,1-2H3/t11-,12-/m1/s1. The molecule has 82 valence electrons. The molecule has 0 aromatic heterocycles. The predicted octanol–water partition coefficient (Wildman–Crippen LogP) is 3.96. The maximum atomic E-state index is 11.7. The van der Waals surface area contributed by atoms with Gasteiger partial charge < -0.3 is 0 Å². The molecule has 14 heavy (non-hydrogen) atoms. The first-order valence-electron chi connectivity index (χ1n) is 6.26. The molecular weight excluding hydrogens is 172 g/mol. The lowest BCUT2D eigenvalue weighted by molar-refractivity contribution is -0.126. The highest BCUT2D eigenvalue weighted by Crippen LogP contribution is 2.28. The molecule has 0 amide bonds. The van der Waals surface area contributed by atoms with E-state index in [0.717, 1.165) is 19.3 Å². The minimum atomic E-state index is 0.419. The maximum absolute atomic E-state index is 11.7. The van der Waals surface area contributed by atoms with Crippen LogP contribution in [-0.4, -0.2) is 5.78 Å². The lowest BCUT2D eigenvalue weighted by Gasteiger charge is -2.24. The summed E-state index contributed by atoms with van der Waals surface area (Å²) in [5.41, 5.74) is 0. The third-order valence-electron chi connectivity index (χ3n) is 3.42. The molecule has 0 heterocycles. The van der Waals surface area contributed by atoms with Crippen molar-refractivity contribution in [3.8, 4) is 0 Å². The van der Waals surface area contributed by atoms with E-state index in [2.05, 4.69) is 13.8 Å². The number of Topliss-reactive ketones (excluding diaryl/α,β-unsaturated/α-hetero) is 1. The van der Waals surface area contributed by atoms with E-state index in [1.165, 1.54) is 32.1 Å². The third kappa shape index (κ3) is 3.81. The first-order chi connectivity index (χ1) is 6.74. The fraction of sp³-hybridized carbons (Fsp3) is 0.923. The van der Waals surface area contributed by atoms with E-state index in [9.17, 15) is 4.79 Å². The third-order valence-corrected chi connectivity index (χ3v) is 3.42. The van der Waals surface area contributed by atoms with E-state index >= 15 is 0 Å². The van der Waals surface area contributed by atoms with Crippen molar-refractivity contribution in [1.29, 1.82) is 0 Å². The van der Waals surface area contributed by atoms with Crippen molar-refractivity contribution in [3.05, 3.63) is 0 Å². The molecule has 0 N–H and O–H groups in total. The Morgan fingerprint density at radius 1 is 1.21 bits per heavy atom. The van der Waals surface area contributed by atoms with Crippen molar-refractivity contribution in [2.45, 2.75) is 65.2 Å². The fourth-order valence-electron chi connectivity index (χ4n) is 2.38. The largest absolute Gasteiger partial charge is 0.299 e. The minimum Gasteiger partial charge on any atom is -0.299 e. The lowest BCUT2D eigenvalue weighted by atomic mass is 9.79. The molecule has 0 aromatic carbocycles.